The smallest absolute Gasteiger partial charge is 0.0725 e. The van der Waals surface area contributed by atoms with Crippen LogP contribution in [0.5, 0.6) is 0 Å². The third-order valence-electron chi connectivity index (χ3n) is 2.53. The lowest BCUT2D eigenvalue weighted by Gasteiger charge is -2.02. The van der Waals surface area contributed by atoms with Crippen molar-refractivity contribution in [2.45, 2.75) is 58.9 Å². The van der Waals surface area contributed by atoms with E-state index in [2.05, 4.69) is 24.2 Å². The summed E-state index contributed by atoms with van der Waals surface area (Å²) in [5.74, 6) is 0. The van der Waals surface area contributed by atoms with E-state index < -0.39 is 0 Å². The molecule has 0 aliphatic rings. The van der Waals surface area contributed by atoms with Crippen LogP contribution in [0.15, 0.2) is 6.20 Å². The number of hydrogen-bond acceptors (Lipinski definition) is 2. The third-order valence-corrected chi connectivity index (χ3v) is 2.53. The highest BCUT2D eigenvalue weighted by atomic mass is 15.4. The standard InChI is InChI=1S/C11H21N3/c1-3-5-6-7-8-9-11-10-12-13-14(11)4-2/h10H,3-9H2,1-2H3. The van der Waals surface area contributed by atoms with Gasteiger partial charge in [-0.1, -0.05) is 37.8 Å². The lowest BCUT2D eigenvalue weighted by Crippen LogP contribution is -2.02. The fourth-order valence-corrected chi connectivity index (χ4v) is 1.65. The summed E-state index contributed by atoms with van der Waals surface area (Å²) in [6.45, 7) is 5.29. The minimum atomic E-state index is 0.935. The van der Waals surface area contributed by atoms with Gasteiger partial charge in [0, 0.05) is 6.54 Å². The summed E-state index contributed by atoms with van der Waals surface area (Å²) < 4.78 is 1.99. The van der Waals surface area contributed by atoms with Gasteiger partial charge in [-0.2, -0.15) is 0 Å². The largest absolute Gasteiger partial charge is 0.250 e. The van der Waals surface area contributed by atoms with Gasteiger partial charge in [0.1, 0.15) is 0 Å². The van der Waals surface area contributed by atoms with Gasteiger partial charge in [-0.15, -0.1) is 5.10 Å². The molecule has 1 heterocycles. The summed E-state index contributed by atoms with van der Waals surface area (Å²) >= 11 is 0. The topological polar surface area (TPSA) is 30.7 Å². The zero-order chi connectivity index (χ0) is 10.2. The first-order valence-corrected chi connectivity index (χ1v) is 5.75. The summed E-state index contributed by atoms with van der Waals surface area (Å²) in [6.07, 6.45) is 9.67. The molecule has 0 radical (unpaired) electrons. The van der Waals surface area contributed by atoms with E-state index in [9.17, 15) is 0 Å². The van der Waals surface area contributed by atoms with Crippen LogP contribution < -0.4 is 0 Å². The predicted molar refractivity (Wildman–Crippen MR) is 58.2 cm³/mol. The zero-order valence-electron chi connectivity index (χ0n) is 9.37. The molecule has 0 atom stereocenters. The minimum Gasteiger partial charge on any atom is -0.250 e. The molecule has 0 saturated heterocycles. The molecule has 0 saturated carbocycles. The van der Waals surface area contributed by atoms with Crippen molar-refractivity contribution in [3.8, 4) is 0 Å². The Hall–Kier alpha value is -0.860. The second-order valence-electron chi connectivity index (χ2n) is 3.71. The molecule has 0 spiro atoms. The molecule has 0 aliphatic carbocycles. The maximum Gasteiger partial charge on any atom is 0.0725 e. The fourth-order valence-electron chi connectivity index (χ4n) is 1.65. The average molecular weight is 195 g/mol. The first kappa shape index (κ1) is 11.2. The van der Waals surface area contributed by atoms with Gasteiger partial charge in [0.15, 0.2) is 0 Å². The number of aryl methyl sites for hydroxylation is 2. The molecule has 3 nitrogen and oxygen atoms in total. The average Bonchev–Trinajstić information content (AvgIpc) is 2.65. The van der Waals surface area contributed by atoms with E-state index in [1.807, 2.05) is 10.9 Å². The van der Waals surface area contributed by atoms with Crippen molar-refractivity contribution in [3.05, 3.63) is 11.9 Å². The molecule has 1 rings (SSSR count). The van der Waals surface area contributed by atoms with Crippen molar-refractivity contribution in [1.29, 1.82) is 0 Å². The van der Waals surface area contributed by atoms with Crippen LogP contribution >= 0.6 is 0 Å². The molecule has 0 bridgehead atoms. The molecule has 0 fully saturated rings. The SMILES string of the molecule is CCCCCCCc1cnnn1CC. The Morgan fingerprint density at radius 3 is 2.64 bits per heavy atom. The maximum absolute atomic E-state index is 4.02. The Bertz CT molecular complexity index is 242. The highest BCUT2D eigenvalue weighted by molar-refractivity contribution is 4.93. The Labute approximate surface area is 86.5 Å². The molecule has 0 amide bonds. The Morgan fingerprint density at radius 1 is 1.14 bits per heavy atom. The molecule has 1 aromatic heterocycles. The van der Waals surface area contributed by atoms with Crippen LogP contribution in [0.25, 0.3) is 0 Å². The van der Waals surface area contributed by atoms with Crippen molar-refractivity contribution in [1.82, 2.24) is 15.0 Å². The molecule has 3 heteroatoms. The van der Waals surface area contributed by atoms with Crippen LogP contribution in [-0.2, 0) is 13.0 Å². The van der Waals surface area contributed by atoms with Crippen LogP contribution in [0.4, 0.5) is 0 Å². The lowest BCUT2D eigenvalue weighted by molar-refractivity contribution is 0.571. The van der Waals surface area contributed by atoms with Crippen LogP contribution in [-0.4, -0.2) is 15.0 Å². The van der Waals surface area contributed by atoms with Gasteiger partial charge in [0.25, 0.3) is 0 Å². The Morgan fingerprint density at radius 2 is 1.93 bits per heavy atom. The van der Waals surface area contributed by atoms with Gasteiger partial charge in [-0.3, -0.25) is 0 Å². The van der Waals surface area contributed by atoms with E-state index in [0.717, 1.165) is 13.0 Å². The number of unbranched alkanes of at least 4 members (excludes halogenated alkanes) is 4. The van der Waals surface area contributed by atoms with Crippen LogP contribution in [0.1, 0.15) is 51.6 Å². The van der Waals surface area contributed by atoms with Gasteiger partial charge >= 0.3 is 0 Å². The number of nitrogens with zero attached hydrogens (tertiary/aromatic N) is 3. The lowest BCUT2D eigenvalue weighted by atomic mass is 10.1. The molecule has 0 N–H and O–H groups in total. The quantitative estimate of drug-likeness (QED) is 0.626. The van der Waals surface area contributed by atoms with E-state index in [-0.39, 0.29) is 0 Å². The highest BCUT2D eigenvalue weighted by Gasteiger charge is 2.00. The van der Waals surface area contributed by atoms with Gasteiger partial charge in [0.2, 0.25) is 0 Å². The molecule has 1 aromatic rings. The van der Waals surface area contributed by atoms with Gasteiger partial charge in [-0.25, -0.2) is 4.68 Å². The first-order chi connectivity index (χ1) is 6.88. The molecule has 80 valence electrons. The summed E-state index contributed by atoms with van der Waals surface area (Å²) in [6, 6.07) is 0. The molecular formula is C11H21N3. The summed E-state index contributed by atoms with van der Waals surface area (Å²) in [4.78, 5) is 0. The first-order valence-electron chi connectivity index (χ1n) is 5.75. The van der Waals surface area contributed by atoms with Crippen LogP contribution in [0.3, 0.4) is 0 Å². The predicted octanol–water partition coefficient (Wildman–Crippen LogP) is 2.81. The summed E-state index contributed by atoms with van der Waals surface area (Å²) in [5, 5.41) is 7.94. The van der Waals surface area contributed by atoms with Crippen molar-refractivity contribution in [3.63, 3.8) is 0 Å². The van der Waals surface area contributed by atoms with Gasteiger partial charge < -0.3 is 0 Å². The monoisotopic (exact) mass is 195 g/mol. The number of hydrogen-bond donors (Lipinski definition) is 0. The molecule has 0 unspecified atom stereocenters. The minimum absolute atomic E-state index is 0.935. The van der Waals surface area contributed by atoms with E-state index in [1.165, 1.54) is 37.8 Å². The molecule has 14 heavy (non-hydrogen) atoms. The maximum atomic E-state index is 4.02. The van der Waals surface area contributed by atoms with E-state index >= 15 is 0 Å². The second-order valence-corrected chi connectivity index (χ2v) is 3.71. The zero-order valence-corrected chi connectivity index (χ0v) is 9.37. The highest BCUT2D eigenvalue weighted by Crippen LogP contribution is 2.07. The Balaban J connectivity index is 2.17. The Kier molecular flexibility index (Phi) is 5.27. The van der Waals surface area contributed by atoms with Crippen molar-refractivity contribution in [2.75, 3.05) is 0 Å². The fraction of sp³-hybridized carbons (Fsp3) is 0.818. The number of aromatic nitrogens is 3. The third kappa shape index (κ3) is 3.48. The van der Waals surface area contributed by atoms with E-state index in [0.29, 0.717) is 0 Å². The molecule has 0 aromatic carbocycles. The van der Waals surface area contributed by atoms with Crippen LogP contribution in [0, 0.1) is 0 Å². The molecule has 0 aliphatic heterocycles. The number of rotatable bonds is 7. The van der Waals surface area contributed by atoms with Crippen LogP contribution in [0.2, 0.25) is 0 Å². The van der Waals surface area contributed by atoms with Crippen molar-refractivity contribution >= 4 is 0 Å². The van der Waals surface area contributed by atoms with E-state index in [1.54, 1.807) is 0 Å². The van der Waals surface area contributed by atoms with E-state index in [4.69, 9.17) is 0 Å². The second kappa shape index (κ2) is 6.57. The summed E-state index contributed by atoms with van der Waals surface area (Å²) in [7, 11) is 0. The van der Waals surface area contributed by atoms with Gasteiger partial charge in [-0.05, 0) is 19.8 Å². The van der Waals surface area contributed by atoms with Crippen molar-refractivity contribution in [2.24, 2.45) is 0 Å². The summed E-state index contributed by atoms with van der Waals surface area (Å²) in [5.41, 5.74) is 1.28. The van der Waals surface area contributed by atoms with Gasteiger partial charge in [0.05, 0.1) is 11.9 Å². The van der Waals surface area contributed by atoms with Crippen molar-refractivity contribution < 1.29 is 0 Å². The molecular weight excluding hydrogens is 174 g/mol. The normalized spacial score (nSPS) is 10.7.